The maximum absolute atomic E-state index is 13.3. The number of carbonyl (C=O) groups is 1. The molecule has 4 heterocycles. The van der Waals surface area contributed by atoms with Crippen LogP contribution in [-0.2, 0) is 14.6 Å². The number of pyridine rings is 1. The molecule has 10 heteroatoms. The summed E-state index contributed by atoms with van der Waals surface area (Å²) in [5.74, 6) is -0.0993. The van der Waals surface area contributed by atoms with Crippen molar-refractivity contribution < 1.29 is 13.2 Å². The third-order valence-corrected chi connectivity index (χ3v) is 7.60. The molecule has 29 heavy (non-hydrogen) atoms. The zero-order valence-corrected chi connectivity index (χ0v) is 17.8. The smallest absolute Gasteiger partial charge is 0.234 e. The Morgan fingerprint density at radius 3 is 2.93 bits per heavy atom. The minimum absolute atomic E-state index is 0.0993. The molecular weight excluding hydrogens is 432 g/mol. The molecule has 1 atom stereocenters. The van der Waals surface area contributed by atoms with Crippen LogP contribution in [0.15, 0.2) is 48.3 Å². The van der Waals surface area contributed by atoms with Gasteiger partial charge in [-0.15, -0.1) is 11.3 Å². The zero-order valence-electron chi connectivity index (χ0n) is 15.4. The highest BCUT2D eigenvalue weighted by molar-refractivity contribution is 7.94. The molecule has 0 saturated carbocycles. The fourth-order valence-electron chi connectivity index (χ4n) is 3.34. The number of rotatable bonds is 6. The predicted octanol–water partition coefficient (Wildman–Crippen LogP) is 2.77. The first-order valence-electron chi connectivity index (χ1n) is 8.99. The topological polar surface area (TPSA) is 84.3 Å². The Hall–Kier alpha value is -2.20. The fourth-order valence-corrected chi connectivity index (χ4v) is 5.83. The van der Waals surface area contributed by atoms with Gasteiger partial charge in [-0.25, -0.2) is 8.42 Å². The summed E-state index contributed by atoms with van der Waals surface area (Å²) in [5, 5.41) is 3.98. The molecular formula is C19H19ClN4O3S2. The van der Waals surface area contributed by atoms with E-state index < -0.39 is 15.2 Å². The number of hydrogen-bond acceptors (Lipinski definition) is 6. The predicted molar refractivity (Wildman–Crippen MR) is 116 cm³/mol. The van der Waals surface area contributed by atoms with Crippen LogP contribution in [0.5, 0.6) is 0 Å². The first kappa shape index (κ1) is 20.1. The average molecular weight is 451 g/mol. The van der Waals surface area contributed by atoms with Crippen LogP contribution < -0.4 is 5.32 Å². The SMILES string of the molecule is O=C1CN(CC(n2ccc3cnccc32)S(=O)(=O)C=Cc2ccc(Cl)s2)CCN1. The van der Waals surface area contributed by atoms with Crippen LogP contribution in [0.4, 0.5) is 0 Å². The lowest BCUT2D eigenvalue weighted by atomic mass is 10.3. The Labute approximate surface area is 177 Å². The maximum Gasteiger partial charge on any atom is 0.234 e. The van der Waals surface area contributed by atoms with E-state index in [4.69, 9.17) is 11.6 Å². The van der Waals surface area contributed by atoms with E-state index in [0.717, 1.165) is 15.8 Å². The standard InChI is InChI=1S/C19H19ClN4O3S2/c20-17-2-1-15(28-17)5-10-29(26,27)19(13-23-9-7-22-18(25)12-23)24-8-4-14-11-21-6-3-16(14)24/h1-6,8,10-11,19H,7,9,12-13H2,(H,22,25). The minimum Gasteiger partial charge on any atom is -0.354 e. The number of hydrogen-bond donors (Lipinski definition) is 1. The number of sulfone groups is 1. The van der Waals surface area contributed by atoms with E-state index in [-0.39, 0.29) is 19.0 Å². The molecule has 7 nitrogen and oxygen atoms in total. The molecule has 1 aliphatic heterocycles. The summed E-state index contributed by atoms with van der Waals surface area (Å²) in [6, 6.07) is 7.15. The number of nitrogens with zero attached hydrogens (tertiary/aromatic N) is 3. The van der Waals surface area contributed by atoms with E-state index >= 15 is 0 Å². The van der Waals surface area contributed by atoms with Gasteiger partial charge in [0.1, 0.15) is 0 Å². The molecule has 0 spiro atoms. The quantitative estimate of drug-likeness (QED) is 0.624. The Morgan fingerprint density at radius 2 is 2.17 bits per heavy atom. The molecule has 1 amide bonds. The Morgan fingerprint density at radius 1 is 1.31 bits per heavy atom. The van der Waals surface area contributed by atoms with E-state index in [1.807, 2.05) is 11.0 Å². The Kier molecular flexibility index (Phi) is 5.73. The number of thiophene rings is 1. The summed E-state index contributed by atoms with van der Waals surface area (Å²) < 4.78 is 29.0. The number of carbonyl (C=O) groups excluding carboxylic acids is 1. The number of aromatic nitrogens is 2. The summed E-state index contributed by atoms with van der Waals surface area (Å²) in [6.45, 7) is 1.49. The summed E-state index contributed by atoms with van der Waals surface area (Å²) >= 11 is 7.25. The minimum atomic E-state index is -3.69. The molecule has 0 bridgehead atoms. The van der Waals surface area contributed by atoms with Gasteiger partial charge in [0.2, 0.25) is 5.91 Å². The largest absolute Gasteiger partial charge is 0.354 e. The van der Waals surface area contributed by atoms with Crippen LogP contribution in [0.1, 0.15) is 10.3 Å². The van der Waals surface area contributed by atoms with E-state index in [9.17, 15) is 13.2 Å². The highest BCUT2D eigenvalue weighted by Gasteiger charge is 2.30. The van der Waals surface area contributed by atoms with Crippen LogP contribution in [0.25, 0.3) is 17.0 Å². The van der Waals surface area contributed by atoms with Gasteiger partial charge < -0.3 is 9.88 Å². The lowest BCUT2D eigenvalue weighted by Crippen LogP contribution is -2.49. The van der Waals surface area contributed by atoms with Crippen molar-refractivity contribution in [2.45, 2.75) is 5.37 Å². The molecule has 3 aromatic heterocycles. The second kappa shape index (κ2) is 8.27. The van der Waals surface area contributed by atoms with Gasteiger partial charge in [-0.2, -0.15) is 0 Å². The van der Waals surface area contributed by atoms with E-state index in [1.54, 1.807) is 47.4 Å². The van der Waals surface area contributed by atoms with E-state index in [2.05, 4.69) is 10.3 Å². The molecule has 0 aromatic carbocycles. The van der Waals surface area contributed by atoms with Crippen LogP contribution in [0.3, 0.4) is 0 Å². The lowest BCUT2D eigenvalue weighted by molar-refractivity contribution is -0.124. The Balaban J connectivity index is 1.70. The average Bonchev–Trinajstić information content (AvgIpc) is 3.31. The molecule has 1 aliphatic rings. The van der Waals surface area contributed by atoms with Gasteiger partial charge in [0.25, 0.3) is 0 Å². The van der Waals surface area contributed by atoms with Crippen molar-refractivity contribution in [3.8, 4) is 0 Å². The van der Waals surface area contributed by atoms with Crippen molar-refractivity contribution in [1.29, 1.82) is 0 Å². The molecule has 3 aromatic rings. The molecule has 4 rings (SSSR count). The van der Waals surface area contributed by atoms with Crippen molar-refractivity contribution in [2.75, 3.05) is 26.2 Å². The van der Waals surface area contributed by atoms with E-state index in [0.29, 0.717) is 17.4 Å². The third-order valence-electron chi connectivity index (χ3n) is 4.76. The summed E-state index contributed by atoms with van der Waals surface area (Å²) in [5.41, 5.74) is 0.780. The van der Waals surface area contributed by atoms with Gasteiger partial charge in [0, 0.05) is 53.9 Å². The molecule has 1 saturated heterocycles. The van der Waals surface area contributed by atoms with Crippen LogP contribution in [0, 0.1) is 0 Å². The van der Waals surface area contributed by atoms with Gasteiger partial charge in [0.05, 0.1) is 16.4 Å². The van der Waals surface area contributed by atoms with Gasteiger partial charge in [-0.05, 0) is 30.3 Å². The maximum atomic E-state index is 13.3. The van der Waals surface area contributed by atoms with Crippen LogP contribution in [0.2, 0.25) is 4.34 Å². The molecule has 1 fully saturated rings. The number of amides is 1. The summed E-state index contributed by atoms with van der Waals surface area (Å²) in [4.78, 5) is 18.5. The highest BCUT2D eigenvalue weighted by atomic mass is 35.5. The van der Waals surface area contributed by atoms with Crippen LogP contribution >= 0.6 is 22.9 Å². The summed E-state index contributed by atoms with van der Waals surface area (Å²) in [7, 11) is -3.69. The first-order valence-corrected chi connectivity index (χ1v) is 11.8. The summed E-state index contributed by atoms with van der Waals surface area (Å²) in [6.07, 6.45) is 6.66. The monoisotopic (exact) mass is 450 g/mol. The second-order valence-electron chi connectivity index (χ2n) is 6.73. The normalized spacial score (nSPS) is 17.1. The Bertz CT molecular complexity index is 1170. The lowest BCUT2D eigenvalue weighted by Gasteiger charge is -2.30. The van der Waals surface area contributed by atoms with Gasteiger partial charge >= 0.3 is 0 Å². The van der Waals surface area contributed by atoms with Crippen LogP contribution in [-0.4, -0.2) is 55.0 Å². The van der Waals surface area contributed by atoms with Crippen molar-refractivity contribution >= 4 is 55.7 Å². The zero-order chi connectivity index (χ0) is 20.4. The van der Waals surface area contributed by atoms with Crippen molar-refractivity contribution in [1.82, 2.24) is 19.8 Å². The van der Waals surface area contributed by atoms with Crippen molar-refractivity contribution in [3.05, 3.63) is 57.5 Å². The number of halogens is 1. The molecule has 1 unspecified atom stereocenters. The second-order valence-corrected chi connectivity index (χ2v) is 10.5. The van der Waals surface area contributed by atoms with Crippen molar-refractivity contribution in [2.24, 2.45) is 0 Å². The number of fused-ring (bicyclic) bond motifs is 1. The van der Waals surface area contributed by atoms with Crippen molar-refractivity contribution in [3.63, 3.8) is 0 Å². The van der Waals surface area contributed by atoms with Gasteiger partial charge in [-0.1, -0.05) is 11.6 Å². The third kappa shape index (κ3) is 4.53. The first-order chi connectivity index (χ1) is 13.9. The molecule has 0 radical (unpaired) electrons. The molecule has 0 aliphatic carbocycles. The van der Waals surface area contributed by atoms with Gasteiger partial charge in [-0.3, -0.25) is 14.7 Å². The number of piperazine rings is 1. The van der Waals surface area contributed by atoms with Gasteiger partial charge in [0.15, 0.2) is 15.2 Å². The molecule has 1 N–H and O–H groups in total. The highest BCUT2D eigenvalue weighted by Crippen LogP contribution is 2.28. The van der Waals surface area contributed by atoms with E-state index in [1.165, 1.54) is 16.7 Å². The molecule has 152 valence electrons. The number of nitrogens with one attached hydrogen (secondary N) is 1. The fraction of sp³-hybridized carbons (Fsp3) is 0.263.